The molecular formula is C5H11BO. The Bertz CT molecular complexity index is 37.1. The van der Waals surface area contributed by atoms with Crippen molar-refractivity contribution in [3.05, 3.63) is 0 Å². The van der Waals surface area contributed by atoms with Crippen LogP contribution in [0.25, 0.3) is 0 Å². The summed E-state index contributed by atoms with van der Waals surface area (Å²) in [6.07, 6.45) is 1.76. The molecule has 0 saturated heterocycles. The fourth-order valence-corrected chi connectivity index (χ4v) is 0.413. The summed E-state index contributed by atoms with van der Waals surface area (Å²) in [5.74, 6) is 0.243. The van der Waals surface area contributed by atoms with Crippen molar-refractivity contribution >= 4 is 7.85 Å². The Labute approximate surface area is 46.1 Å². The molecule has 0 bridgehead atoms. The molecule has 0 aromatic rings. The van der Waals surface area contributed by atoms with Gasteiger partial charge in [0.15, 0.2) is 0 Å². The zero-order chi connectivity index (χ0) is 5.70. The molecule has 1 atom stereocenters. The summed E-state index contributed by atoms with van der Waals surface area (Å²) in [5.41, 5.74) is 0. The van der Waals surface area contributed by atoms with Crippen LogP contribution in [-0.2, 0) is 0 Å². The molecule has 0 rings (SSSR count). The SMILES string of the molecule is [B]C(C)CCCO. The highest BCUT2D eigenvalue weighted by Gasteiger charge is 1.89. The molecule has 7 heavy (non-hydrogen) atoms. The van der Waals surface area contributed by atoms with Gasteiger partial charge in [-0.2, -0.15) is 0 Å². The Morgan fingerprint density at radius 2 is 2.29 bits per heavy atom. The second kappa shape index (κ2) is 4.19. The van der Waals surface area contributed by atoms with E-state index >= 15 is 0 Å². The Hall–Kier alpha value is 0.0249. The van der Waals surface area contributed by atoms with Crippen LogP contribution in [0.2, 0.25) is 5.82 Å². The number of rotatable bonds is 3. The van der Waals surface area contributed by atoms with Crippen LogP contribution in [-0.4, -0.2) is 19.6 Å². The van der Waals surface area contributed by atoms with Crippen molar-refractivity contribution in [3.8, 4) is 0 Å². The van der Waals surface area contributed by atoms with Crippen LogP contribution < -0.4 is 0 Å². The van der Waals surface area contributed by atoms with E-state index in [9.17, 15) is 0 Å². The molecule has 2 radical (unpaired) electrons. The van der Waals surface area contributed by atoms with Crippen molar-refractivity contribution < 1.29 is 5.11 Å². The van der Waals surface area contributed by atoms with Gasteiger partial charge in [-0.15, -0.1) is 0 Å². The first kappa shape index (κ1) is 7.02. The van der Waals surface area contributed by atoms with Crippen molar-refractivity contribution in [2.45, 2.75) is 25.6 Å². The Kier molecular flexibility index (Phi) is 4.21. The van der Waals surface area contributed by atoms with E-state index in [4.69, 9.17) is 13.0 Å². The maximum atomic E-state index is 8.26. The van der Waals surface area contributed by atoms with Crippen LogP contribution in [0.15, 0.2) is 0 Å². The highest BCUT2D eigenvalue weighted by Crippen LogP contribution is 2.04. The lowest BCUT2D eigenvalue weighted by atomic mass is 9.86. The molecular weight excluding hydrogens is 86.9 g/mol. The smallest absolute Gasteiger partial charge is 0.0695 e. The van der Waals surface area contributed by atoms with Crippen molar-refractivity contribution in [1.29, 1.82) is 0 Å². The van der Waals surface area contributed by atoms with Crippen molar-refractivity contribution in [2.24, 2.45) is 0 Å². The monoisotopic (exact) mass is 98.1 g/mol. The molecule has 0 fully saturated rings. The minimum Gasteiger partial charge on any atom is -0.396 e. The number of aliphatic hydroxyl groups excluding tert-OH is 1. The third-order valence-corrected chi connectivity index (χ3v) is 0.818. The highest BCUT2D eigenvalue weighted by atomic mass is 16.2. The molecule has 1 unspecified atom stereocenters. The lowest BCUT2D eigenvalue weighted by molar-refractivity contribution is 0.284. The van der Waals surface area contributed by atoms with E-state index in [2.05, 4.69) is 0 Å². The number of hydrogen-bond donors (Lipinski definition) is 1. The van der Waals surface area contributed by atoms with Crippen LogP contribution in [0.1, 0.15) is 19.8 Å². The number of hydrogen-bond acceptors (Lipinski definition) is 1. The van der Waals surface area contributed by atoms with Crippen molar-refractivity contribution in [3.63, 3.8) is 0 Å². The predicted molar refractivity (Wildman–Crippen MR) is 31.5 cm³/mol. The molecule has 0 spiro atoms. The van der Waals surface area contributed by atoms with E-state index in [1.165, 1.54) is 0 Å². The van der Waals surface area contributed by atoms with Gasteiger partial charge in [-0.25, -0.2) is 0 Å². The largest absolute Gasteiger partial charge is 0.396 e. The van der Waals surface area contributed by atoms with Crippen molar-refractivity contribution in [2.75, 3.05) is 6.61 Å². The molecule has 2 heteroatoms. The Morgan fingerprint density at radius 1 is 1.71 bits per heavy atom. The molecule has 0 aliphatic carbocycles. The Morgan fingerprint density at radius 3 is 2.43 bits per heavy atom. The van der Waals surface area contributed by atoms with Gasteiger partial charge in [0.2, 0.25) is 0 Å². The molecule has 1 nitrogen and oxygen atoms in total. The summed E-state index contributed by atoms with van der Waals surface area (Å²) < 4.78 is 0. The first-order chi connectivity index (χ1) is 3.27. The average Bonchev–Trinajstić information content (AvgIpc) is 1.61. The van der Waals surface area contributed by atoms with Gasteiger partial charge in [0.1, 0.15) is 0 Å². The summed E-state index contributed by atoms with van der Waals surface area (Å²) in [7, 11) is 5.37. The normalized spacial score (nSPS) is 14.0. The van der Waals surface area contributed by atoms with Crippen LogP contribution in [0.4, 0.5) is 0 Å². The van der Waals surface area contributed by atoms with Crippen molar-refractivity contribution in [1.82, 2.24) is 0 Å². The van der Waals surface area contributed by atoms with Gasteiger partial charge in [-0.3, -0.25) is 0 Å². The minimum absolute atomic E-state index is 0.243. The fourth-order valence-electron chi connectivity index (χ4n) is 0.413. The summed E-state index contributed by atoms with van der Waals surface area (Å²) in [6, 6.07) is 0. The first-order valence-electron chi connectivity index (χ1n) is 2.64. The zero-order valence-corrected chi connectivity index (χ0v) is 4.72. The van der Waals surface area contributed by atoms with Gasteiger partial charge in [0, 0.05) is 6.61 Å². The molecule has 0 saturated carbocycles. The van der Waals surface area contributed by atoms with Crippen LogP contribution in [0, 0.1) is 0 Å². The van der Waals surface area contributed by atoms with Gasteiger partial charge >= 0.3 is 0 Å². The molecule has 0 heterocycles. The maximum Gasteiger partial charge on any atom is 0.0695 e. The topological polar surface area (TPSA) is 20.2 Å². The maximum absolute atomic E-state index is 8.26. The summed E-state index contributed by atoms with van der Waals surface area (Å²) >= 11 is 0. The van der Waals surface area contributed by atoms with E-state index in [-0.39, 0.29) is 12.4 Å². The Balaban J connectivity index is 2.68. The van der Waals surface area contributed by atoms with E-state index in [0.29, 0.717) is 0 Å². The van der Waals surface area contributed by atoms with E-state index in [1.54, 1.807) is 0 Å². The van der Waals surface area contributed by atoms with E-state index < -0.39 is 0 Å². The van der Waals surface area contributed by atoms with Gasteiger partial charge in [-0.1, -0.05) is 19.2 Å². The molecule has 40 valence electrons. The quantitative estimate of drug-likeness (QED) is 0.516. The van der Waals surface area contributed by atoms with Crippen LogP contribution >= 0.6 is 0 Å². The zero-order valence-electron chi connectivity index (χ0n) is 4.72. The summed E-state index contributed by atoms with van der Waals surface area (Å²) in [4.78, 5) is 0. The molecule has 0 aliphatic rings. The lowest BCUT2D eigenvalue weighted by Gasteiger charge is -1.98. The third kappa shape index (κ3) is 6.02. The fraction of sp³-hybridized carbons (Fsp3) is 1.00. The second-order valence-corrected chi connectivity index (χ2v) is 1.84. The molecule has 0 aromatic carbocycles. The first-order valence-corrected chi connectivity index (χ1v) is 2.64. The molecule has 0 aliphatic heterocycles. The summed E-state index contributed by atoms with van der Waals surface area (Å²) in [5, 5.41) is 8.26. The van der Waals surface area contributed by atoms with Crippen LogP contribution in [0.3, 0.4) is 0 Å². The standard InChI is InChI=1S/C5H11BO/c1-5(6)3-2-4-7/h5,7H,2-4H2,1H3. The highest BCUT2D eigenvalue weighted by molar-refractivity contribution is 6.11. The van der Waals surface area contributed by atoms with Crippen LogP contribution in [0.5, 0.6) is 0 Å². The minimum atomic E-state index is 0.243. The lowest BCUT2D eigenvalue weighted by Crippen LogP contribution is -1.88. The molecule has 1 N–H and O–H groups in total. The number of aliphatic hydroxyl groups is 1. The van der Waals surface area contributed by atoms with Gasteiger partial charge in [0.25, 0.3) is 0 Å². The predicted octanol–water partition coefficient (Wildman–Crippen LogP) is 0.736. The van der Waals surface area contributed by atoms with E-state index in [1.807, 2.05) is 6.92 Å². The molecule has 0 aromatic heterocycles. The average molecular weight is 98.0 g/mol. The van der Waals surface area contributed by atoms with E-state index in [0.717, 1.165) is 12.8 Å². The second-order valence-electron chi connectivity index (χ2n) is 1.84. The summed E-state index contributed by atoms with van der Waals surface area (Å²) in [6.45, 7) is 2.21. The molecule has 0 amide bonds. The van der Waals surface area contributed by atoms with Gasteiger partial charge in [0.05, 0.1) is 7.85 Å². The van der Waals surface area contributed by atoms with Gasteiger partial charge in [-0.05, 0) is 6.42 Å². The van der Waals surface area contributed by atoms with Gasteiger partial charge < -0.3 is 5.11 Å². The third-order valence-electron chi connectivity index (χ3n) is 0.818.